The SMILES string of the molecule is CC1CCCC1N1C(=O)C2(CC2)c2cnc(NC3CCN(S(=O)(=O)N4CC5(CCCN(CCOc6cccc7c6n(C)c(=O)n7C6CCC(=O)N(COCC[Si](C)(C)C)C6=O)C5)C4)CC3)nc21. The number of imidazole rings is 1. The number of rotatable bonds is 15. The maximum absolute atomic E-state index is 13.9. The minimum atomic E-state index is -3.62. The van der Waals surface area contributed by atoms with Crippen LogP contribution in [0.4, 0.5) is 11.8 Å². The number of carbonyl (C=O) groups excluding carboxylic acids is 3. The molecule has 0 radical (unpaired) electrons. The highest BCUT2D eigenvalue weighted by atomic mass is 32.2. The fraction of sp³-hybridized carbons (Fsp3) is 0.702. The van der Waals surface area contributed by atoms with Crippen molar-refractivity contribution in [2.24, 2.45) is 18.4 Å². The molecule has 18 nitrogen and oxygen atoms in total. The van der Waals surface area contributed by atoms with Crippen LogP contribution < -0.4 is 20.6 Å². The van der Waals surface area contributed by atoms with Crippen molar-refractivity contribution < 1.29 is 32.3 Å². The van der Waals surface area contributed by atoms with Crippen molar-refractivity contribution in [1.29, 1.82) is 0 Å². The Bertz CT molecular complexity index is 2600. The molecular weight excluding hydrogens is 893 g/mol. The van der Waals surface area contributed by atoms with Gasteiger partial charge in [-0.05, 0) is 88.4 Å². The van der Waals surface area contributed by atoms with E-state index in [0.717, 1.165) is 80.4 Å². The number of aryl methyl sites for hydroxylation is 1. The molecule has 67 heavy (non-hydrogen) atoms. The molecule has 3 aromatic rings. The number of hydrogen-bond acceptors (Lipinski definition) is 12. The molecule has 2 spiro atoms. The van der Waals surface area contributed by atoms with Gasteiger partial charge in [0.25, 0.3) is 16.1 Å². The van der Waals surface area contributed by atoms with Gasteiger partial charge in [-0.15, -0.1) is 0 Å². The van der Waals surface area contributed by atoms with Crippen LogP contribution >= 0.6 is 0 Å². The lowest BCUT2D eigenvalue weighted by molar-refractivity contribution is -0.157. The molecule has 2 aliphatic carbocycles. The highest BCUT2D eigenvalue weighted by Crippen LogP contribution is 2.58. The summed E-state index contributed by atoms with van der Waals surface area (Å²) < 4.78 is 46.3. The fourth-order valence-corrected chi connectivity index (χ4v) is 14.5. The predicted octanol–water partition coefficient (Wildman–Crippen LogP) is 4.30. The maximum Gasteiger partial charge on any atom is 0.329 e. The number of hydrogen-bond donors (Lipinski definition) is 1. The Morgan fingerprint density at radius 2 is 1.69 bits per heavy atom. The average molecular weight is 961 g/mol. The van der Waals surface area contributed by atoms with Crippen LogP contribution in [0.15, 0.2) is 29.2 Å². The largest absolute Gasteiger partial charge is 0.490 e. The van der Waals surface area contributed by atoms with E-state index in [4.69, 9.17) is 14.5 Å². The second-order valence-electron chi connectivity index (χ2n) is 21.9. The first kappa shape index (κ1) is 46.5. The van der Waals surface area contributed by atoms with Gasteiger partial charge in [0.2, 0.25) is 17.8 Å². The van der Waals surface area contributed by atoms with Crippen molar-refractivity contribution in [1.82, 2.24) is 37.5 Å². The number of aromatic nitrogens is 4. The summed E-state index contributed by atoms with van der Waals surface area (Å²) in [7, 11) is -3.30. The van der Waals surface area contributed by atoms with Gasteiger partial charge < -0.3 is 14.8 Å². The molecule has 7 heterocycles. The second-order valence-corrected chi connectivity index (χ2v) is 29.4. The molecule has 10 rings (SSSR count). The zero-order valence-electron chi connectivity index (χ0n) is 39.9. The highest BCUT2D eigenvalue weighted by molar-refractivity contribution is 7.86. The van der Waals surface area contributed by atoms with Crippen molar-refractivity contribution in [3.05, 3.63) is 40.4 Å². The number of benzene rings is 1. The number of amides is 3. The summed E-state index contributed by atoms with van der Waals surface area (Å²) in [5, 5.41) is 3.49. The van der Waals surface area contributed by atoms with E-state index in [1.807, 2.05) is 29.3 Å². The normalized spacial score (nSPS) is 26.0. The van der Waals surface area contributed by atoms with E-state index in [-0.39, 0.29) is 54.6 Å². The zero-order chi connectivity index (χ0) is 47.0. The number of fused-ring (bicyclic) bond motifs is 3. The Balaban J connectivity index is 0.713. The summed E-state index contributed by atoms with van der Waals surface area (Å²) in [6.07, 6.45) is 10.4. The Morgan fingerprint density at radius 1 is 0.910 bits per heavy atom. The Morgan fingerprint density at radius 3 is 2.40 bits per heavy atom. The number of nitrogens with zero attached hydrogens (tertiary/aromatic N) is 9. The monoisotopic (exact) mass is 960 g/mol. The van der Waals surface area contributed by atoms with Crippen LogP contribution in [0.2, 0.25) is 25.7 Å². The summed E-state index contributed by atoms with van der Waals surface area (Å²) in [6.45, 7) is 13.8. The van der Waals surface area contributed by atoms with E-state index >= 15 is 0 Å². The molecule has 2 aromatic heterocycles. The van der Waals surface area contributed by atoms with Crippen molar-refractivity contribution in [2.45, 2.75) is 127 Å². The Kier molecular flexibility index (Phi) is 12.2. The molecule has 0 bridgehead atoms. The third-order valence-electron chi connectivity index (χ3n) is 16.0. The van der Waals surface area contributed by atoms with Crippen LogP contribution in [0, 0.1) is 11.3 Å². The van der Waals surface area contributed by atoms with Gasteiger partial charge in [0.1, 0.15) is 36.5 Å². The van der Waals surface area contributed by atoms with Crippen molar-refractivity contribution in [3.63, 3.8) is 0 Å². The van der Waals surface area contributed by atoms with E-state index in [1.54, 1.807) is 15.7 Å². The van der Waals surface area contributed by atoms with Gasteiger partial charge in [-0.2, -0.15) is 22.0 Å². The van der Waals surface area contributed by atoms with Crippen molar-refractivity contribution in [3.8, 4) is 5.75 Å². The van der Waals surface area contributed by atoms with Gasteiger partial charge in [-0.3, -0.25) is 38.2 Å². The molecule has 5 aliphatic heterocycles. The first-order chi connectivity index (χ1) is 32.0. The number of carbonyl (C=O) groups is 3. The number of imide groups is 1. The van der Waals surface area contributed by atoms with Gasteiger partial charge >= 0.3 is 5.69 Å². The summed E-state index contributed by atoms with van der Waals surface area (Å²) >= 11 is 0. The van der Waals surface area contributed by atoms with Crippen LogP contribution in [-0.4, -0.2) is 150 Å². The lowest BCUT2D eigenvalue weighted by atomic mass is 9.75. The molecule has 2 saturated carbocycles. The number of likely N-dealkylation sites (tertiary alicyclic amines) is 2. The fourth-order valence-electron chi connectivity index (χ4n) is 11.9. The minimum absolute atomic E-state index is 0.0256. The van der Waals surface area contributed by atoms with E-state index in [9.17, 15) is 27.6 Å². The maximum atomic E-state index is 13.9. The summed E-state index contributed by atoms with van der Waals surface area (Å²) in [4.78, 5) is 69.1. The molecular formula is C47H68N10O8SSi. The number of ether oxygens (including phenoxy) is 2. The molecule has 6 fully saturated rings. The lowest BCUT2D eigenvalue weighted by Gasteiger charge is -2.54. The van der Waals surface area contributed by atoms with Crippen LogP contribution in [-0.2, 0) is 41.8 Å². The second kappa shape index (κ2) is 17.6. The smallest absolute Gasteiger partial charge is 0.329 e. The van der Waals surface area contributed by atoms with Crippen LogP contribution in [0.5, 0.6) is 5.75 Å². The molecule has 1 N–H and O–H groups in total. The summed E-state index contributed by atoms with van der Waals surface area (Å²) in [6, 6.07) is 5.76. The number of para-hydroxylation sites is 1. The number of nitrogens with one attached hydrogen (secondary N) is 1. The van der Waals surface area contributed by atoms with Crippen molar-refractivity contribution in [2.75, 3.05) is 76.0 Å². The van der Waals surface area contributed by atoms with E-state index in [0.29, 0.717) is 87.4 Å². The van der Waals surface area contributed by atoms with Gasteiger partial charge in [-0.1, -0.05) is 39.1 Å². The van der Waals surface area contributed by atoms with Gasteiger partial charge in [-0.25, -0.2) is 9.78 Å². The lowest BCUT2D eigenvalue weighted by Crippen LogP contribution is -2.66. The molecule has 3 unspecified atom stereocenters. The zero-order valence-corrected chi connectivity index (χ0v) is 41.7. The molecule has 4 saturated heterocycles. The minimum Gasteiger partial charge on any atom is -0.490 e. The van der Waals surface area contributed by atoms with Gasteiger partial charge in [0.15, 0.2) is 0 Å². The molecule has 364 valence electrons. The quantitative estimate of drug-likeness (QED) is 0.130. The standard InChI is InChI=1S/C47H68N10O8SSi/c1-32-9-6-10-35(32)57-41-34(47(18-19-47)43(57)60)27-48-44(50-41)49-33-15-21-53(22-16-33)66(62,63)54-29-46(30-54)17-8-20-52(28-46)23-24-65-38-12-7-11-36-40(38)51(2)45(61)56(36)37-13-14-39(58)55(42(37)59)31-64-25-26-67(3,4)5/h7,11-12,27,32-33,35,37H,6,8-10,13-26,28-31H2,1-5H3,(H,48,49,50). The Hall–Kier alpha value is -4.21. The number of anilines is 2. The molecule has 7 aliphatic rings. The van der Waals surface area contributed by atoms with Crippen molar-refractivity contribution >= 4 is 58.8 Å². The van der Waals surface area contributed by atoms with Crippen LogP contribution in [0.25, 0.3) is 11.0 Å². The topological polar surface area (TPSA) is 185 Å². The van der Waals surface area contributed by atoms with Crippen LogP contribution in [0.3, 0.4) is 0 Å². The van der Waals surface area contributed by atoms with Gasteiger partial charge in [0.05, 0.1) is 10.9 Å². The van der Waals surface area contributed by atoms with E-state index in [2.05, 4.69) is 41.8 Å². The first-order valence-electron chi connectivity index (χ1n) is 24.7. The molecule has 1 aromatic carbocycles. The van der Waals surface area contributed by atoms with Crippen LogP contribution in [0.1, 0.15) is 89.2 Å². The Labute approximate surface area is 394 Å². The average Bonchev–Trinajstić information content (AvgIpc) is 3.85. The number of piperidine rings is 3. The highest BCUT2D eigenvalue weighted by Gasteiger charge is 2.62. The van der Waals surface area contributed by atoms with E-state index in [1.165, 1.54) is 9.13 Å². The first-order valence-corrected chi connectivity index (χ1v) is 29.8. The van der Waals surface area contributed by atoms with E-state index < -0.39 is 35.6 Å². The third kappa shape index (κ3) is 8.54. The third-order valence-corrected chi connectivity index (χ3v) is 19.6. The predicted molar refractivity (Wildman–Crippen MR) is 256 cm³/mol. The molecule has 3 amide bonds. The molecule has 3 atom stereocenters. The van der Waals surface area contributed by atoms with Gasteiger partial charge in [0, 0.05) is 96.7 Å². The summed E-state index contributed by atoms with van der Waals surface area (Å²) in [5.74, 6) is 1.73. The molecule has 20 heteroatoms. The summed E-state index contributed by atoms with van der Waals surface area (Å²) in [5.41, 5.74) is 1.25.